The van der Waals surface area contributed by atoms with Crippen LogP contribution in [0.15, 0.2) is 47.1 Å². The Bertz CT molecular complexity index is 1430. The Balaban J connectivity index is 1.59. The average Bonchev–Trinajstić information content (AvgIpc) is 3.67. The molecule has 0 radical (unpaired) electrons. The molecule has 3 aromatic rings. The van der Waals surface area contributed by atoms with Crippen molar-refractivity contribution in [2.75, 3.05) is 39.3 Å². The van der Waals surface area contributed by atoms with Crippen LogP contribution in [-0.2, 0) is 29.1 Å². The topological polar surface area (TPSA) is 122 Å². The third-order valence-corrected chi connectivity index (χ3v) is 8.00. The SMILES string of the molecule is CCc1oc(C(=O)N2CCCOc3cccc(c3)-c3nccn3CCNC(=O)[C@@H](CC(C)C)NC(=O)C2)cc1CN(CC)CC. The first kappa shape index (κ1) is 33.8. The second-order valence-electron chi connectivity index (χ2n) is 11.8. The predicted octanol–water partition coefficient (Wildman–Crippen LogP) is 4.12. The van der Waals surface area contributed by atoms with Crippen molar-refractivity contribution in [3.8, 4) is 17.1 Å². The van der Waals surface area contributed by atoms with Crippen LogP contribution >= 0.6 is 0 Å². The van der Waals surface area contributed by atoms with Crippen LogP contribution in [0.5, 0.6) is 5.75 Å². The molecule has 11 nitrogen and oxygen atoms in total. The maximum Gasteiger partial charge on any atom is 0.290 e. The molecule has 2 aromatic heterocycles. The number of benzene rings is 1. The van der Waals surface area contributed by atoms with Crippen molar-refractivity contribution in [1.82, 2.24) is 30.0 Å². The molecule has 4 rings (SSSR count). The number of amides is 3. The van der Waals surface area contributed by atoms with Crippen molar-refractivity contribution in [2.24, 2.45) is 5.92 Å². The molecule has 0 fully saturated rings. The highest BCUT2D eigenvalue weighted by molar-refractivity contribution is 5.95. The summed E-state index contributed by atoms with van der Waals surface area (Å²) in [6.45, 7) is 14.0. The van der Waals surface area contributed by atoms with Crippen LogP contribution in [0.4, 0.5) is 0 Å². The summed E-state index contributed by atoms with van der Waals surface area (Å²) in [5.41, 5.74) is 1.88. The molecule has 1 aromatic carbocycles. The minimum Gasteiger partial charge on any atom is -0.494 e. The highest BCUT2D eigenvalue weighted by Gasteiger charge is 2.27. The summed E-state index contributed by atoms with van der Waals surface area (Å²) in [7, 11) is 0. The fourth-order valence-electron chi connectivity index (χ4n) is 5.56. The monoisotopic (exact) mass is 620 g/mol. The summed E-state index contributed by atoms with van der Waals surface area (Å²) in [6.07, 6.45) is 5.22. The fraction of sp³-hybridized carbons (Fsp3) is 0.529. The normalized spacial score (nSPS) is 16.9. The Labute approximate surface area is 266 Å². The lowest BCUT2D eigenvalue weighted by molar-refractivity contribution is -0.129. The third kappa shape index (κ3) is 9.20. The lowest BCUT2D eigenvalue weighted by Gasteiger charge is -2.24. The molecular formula is C34H48N6O5. The molecule has 0 spiro atoms. The van der Waals surface area contributed by atoms with Gasteiger partial charge in [-0.15, -0.1) is 0 Å². The minimum absolute atomic E-state index is 0.168. The van der Waals surface area contributed by atoms with E-state index in [4.69, 9.17) is 9.15 Å². The highest BCUT2D eigenvalue weighted by atomic mass is 16.5. The summed E-state index contributed by atoms with van der Waals surface area (Å²) in [6, 6.07) is 8.78. The molecule has 0 unspecified atom stereocenters. The smallest absolute Gasteiger partial charge is 0.290 e. The zero-order valence-electron chi connectivity index (χ0n) is 27.3. The first-order valence-electron chi connectivity index (χ1n) is 16.2. The number of hydrogen-bond donors (Lipinski definition) is 2. The van der Waals surface area contributed by atoms with Crippen LogP contribution in [0.3, 0.4) is 0 Å². The molecular weight excluding hydrogens is 572 g/mol. The van der Waals surface area contributed by atoms with Gasteiger partial charge in [-0.1, -0.05) is 46.8 Å². The maximum absolute atomic E-state index is 13.8. The van der Waals surface area contributed by atoms with Gasteiger partial charge >= 0.3 is 0 Å². The van der Waals surface area contributed by atoms with Gasteiger partial charge in [-0.3, -0.25) is 19.3 Å². The second kappa shape index (κ2) is 16.3. The maximum atomic E-state index is 13.8. The third-order valence-electron chi connectivity index (χ3n) is 8.00. The molecule has 2 bridgehead atoms. The highest BCUT2D eigenvalue weighted by Crippen LogP contribution is 2.24. The lowest BCUT2D eigenvalue weighted by atomic mass is 10.0. The molecule has 0 saturated carbocycles. The fourth-order valence-corrected chi connectivity index (χ4v) is 5.56. The number of aromatic nitrogens is 2. The number of carbonyl (C=O) groups excluding carboxylic acids is 3. The van der Waals surface area contributed by atoms with Gasteiger partial charge in [0.25, 0.3) is 5.91 Å². The van der Waals surface area contributed by atoms with Crippen molar-refractivity contribution in [1.29, 1.82) is 0 Å². The molecule has 0 aliphatic carbocycles. The summed E-state index contributed by atoms with van der Waals surface area (Å²) < 4.78 is 14.1. The van der Waals surface area contributed by atoms with E-state index in [1.54, 1.807) is 6.20 Å². The van der Waals surface area contributed by atoms with Crippen LogP contribution in [-0.4, -0.2) is 82.4 Å². The van der Waals surface area contributed by atoms with E-state index in [2.05, 4.69) is 34.4 Å². The Kier molecular flexibility index (Phi) is 12.2. The number of rotatable bonds is 8. The molecule has 45 heavy (non-hydrogen) atoms. The van der Waals surface area contributed by atoms with Crippen LogP contribution in [0.1, 0.15) is 69.3 Å². The van der Waals surface area contributed by atoms with Gasteiger partial charge in [0.05, 0.1) is 13.2 Å². The van der Waals surface area contributed by atoms with E-state index in [1.165, 1.54) is 4.90 Å². The van der Waals surface area contributed by atoms with E-state index in [-0.39, 0.29) is 36.6 Å². The number of ether oxygens (including phenoxy) is 1. The molecule has 244 valence electrons. The van der Waals surface area contributed by atoms with Gasteiger partial charge in [-0.05, 0) is 50.0 Å². The van der Waals surface area contributed by atoms with E-state index in [1.807, 2.05) is 61.9 Å². The number of imidazole rings is 1. The average molecular weight is 621 g/mol. The number of nitrogens with one attached hydrogen (secondary N) is 2. The summed E-state index contributed by atoms with van der Waals surface area (Å²) in [5, 5.41) is 5.87. The Morgan fingerprint density at radius 1 is 1.13 bits per heavy atom. The Hall–Kier alpha value is -4.12. The molecule has 2 N–H and O–H groups in total. The molecule has 1 aliphatic heterocycles. The number of hydrogen-bond acceptors (Lipinski definition) is 7. The zero-order valence-corrected chi connectivity index (χ0v) is 27.3. The number of aryl methyl sites for hydroxylation is 1. The largest absolute Gasteiger partial charge is 0.494 e. The number of nitrogens with zero attached hydrogens (tertiary/aromatic N) is 4. The zero-order chi connectivity index (χ0) is 32.3. The molecule has 3 heterocycles. The summed E-state index contributed by atoms with van der Waals surface area (Å²) in [5.74, 6) is 1.58. The van der Waals surface area contributed by atoms with E-state index in [0.29, 0.717) is 51.3 Å². The minimum atomic E-state index is -0.730. The van der Waals surface area contributed by atoms with Gasteiger partial charge in [-0.2, -0.15) is 0 Å². The van der Waals surface area contributed by atoms with Gasteiger partial charge in [0.1, 0.15) is 23.4 Å². The van der Waals surface area contributed by atoms with Gasteiger partial charge < -0.3 is 29.3 Å². The Morgan fingerprint density at radius 3 is 2.67 bits per heavy atom. The predicted molar refractivity (Wildman–Crippen MR) is 173 cm³/mol. The van der Waals surface area contributed by atoms with E-state index >= 15 is 0 Å². The molecule has 11 heteroatoms. The van der Waals surface area contributed by atoms with Crippen molar-refractivity contribution < 1.29 is 23.5 Å². The first-order chi connectivity index (χ1) is 21.7. The summed E-state index contributed by atoms with van der Waals surface area (Å²) in [4.78, 5) is 48.8. The number of fused-ring (bicyclic) bond motifs is 4. The molecule has 1 aliphatic rings. The summed E-state index contributed by atoms with van der Waals surface area (Å²) >= 11 is 0. The Morgan fingerprint density at radius 2 is 1.93 bits per heavy atom. The number of carbonyl (C=O) groups is 3. The second-order valence-corrected chi connectivity index (χ2v) is 11.8. The van der Waals surface area contributed by atoms with Crippen molar-refractivity contribution >= 4 is 17.7 Å². The van der Waals surface area contributed by atoms with Crippen molar-refractivity contribution in [3.05, 3.63) is 59.8 Å². The van der Waals surface area contributed by atoms with Gasteiger partial charge in [-0.25, -0.2) is 4.98 Å². The van der Waals surface area contributed by atoms with Gasteiger partial charge in [0.15, 0.2) is 5.76 Å². The van der Waals surface area contributed by atoms with Gasteiger partial charge in [0.2, 0.25) is 11.8 Å². The van der Waals surface area contributed by atoms with Crippen LogP contribution in [0, 0.1) is 5.92 Å². The van der Waals surface area contributed by atoms with Crippen molar-refractivity contribution in [2.45, 2.75) is 73.0 Å². The van der Waals surface area contributed by atoms with E-state index in [9.17, 15) is 14.4 Å². The molecule has 3 amide bonds. The van der Waals surface area contributed by atoms with Crippen LogP contribution in [0.2, 0.25) is 0 Å². The lowest BCUT2D eigenvalue weighted by Crippen LogP contribution is -2.51. The van der Waals surface area contributed by atoms with Gasteiger partial charge in [0, 0.05) is 56.1 Å². The molecule has 1 atom stereocenters. The van der Waals surface area contributed by atoms with E-state index in [0.717, 1.165) is 35.8 Å². The van der Waals surface area contributed by atoms with Crippen LogP contribution in [0.25, 0.3) is 11.4 Å². The number of furan rings is 1. The first-order valence-corrected chi connectivity index (χ1v) is 16.2. The molecule has 0 saturated heterocycles. The quantitative estimate of drug-likeness (QED) is 0.389. The van der Waals surface area contributed by atoms with Crippen LogP contribution < -0.4 is 15.4 Å². The standard InChI is InChI=1S/C34H48N6O5/c1-6-29-26(22-38(7-2)8-3)21-30(45-29)34(43)40-15-10-18-44-27-12-9-11-25(20-27)32-35-13-16-39(32)17-14-36-33(42)28(19-24(4)5)37-31(41)23-40/h9,11-13,16,20-21,24,28H,6-8,10,14-15,17-19,22-23H2,1-5H3,(H,36,42)(H,37,41)/t28-/m1/s1. The van der Waals surface area contributed by atoms with E-state index < -0.39 is 11.9 Å². The van der Waals surface area contributed by atoms with Crippen molar-refractivity contribution in [3.63, 3.8) is 0 Å².